The summed E-state index contributed by atoms with van der Waals surface area (Å²) in [7, 11) is 0. The number of nitrogens with two attached hydrogens (primary N) is 1. The Bertz CT molecular complexity index is 325. The van der Waals surface area contributed by atoms with E-state index in [1.165, 1.54) is 5.56 Å². The van der Waals surface area contributed by atoms with Crippen molar-refractivity contribution < 1.29 is 4.79 Å². The van der Waals surface area contributed by atoms with Crippen molar-refractivity contribution >= 4 is 21.8 Å². The van der Waals surface area contributed by atoms with Crippen molar-refractivity contribution in [3.63, 3.8) is 0 Å². The van der Waals surface area contributed by atoms with Gasteiger partial charge in [-0.3, -0.25) is 4.79 Å². The highest BCUT2D eigenvalue weighted by Gasteiger charge is 2.06. The molecule has 0 radical (unpaired) electrons. The number of benzene rings is 1. The molecule has 1 rings (SSSR count). The Hall–Kier alpha value is -0.830. The monoisotopic (exact) mass is 255 g/mol. The largest absolute Gasteiger partial charge is 0.370 e. The zero-order valence-corrected chi connectivity index (χ0v) is 9.75. The van der Waals surface area contributed by atoms with Gasteiger partial charge in [-0.1, -0.05) is 35.0 Å². The molecule has 1 unspecified atom stereocenters. The van der Waals surface area contributed by atoms with Gasteiger partial charge in [0.1, 0.15) is 0 Å². The predicted octanol–water partition coefficient (Wildman–Crippen LogP) is 2.50. The molecule has 0 saturated heterocycles. The Labute approximate surface area is 92.6 Å². The number of carbonyl (C=O) groups excluding carboxylic acids is 1. The zero-order valence-electron chi connectivity index (χ0n) is 8.16. The molecule has 1 aromatic carbocycles. The average Bonchev–Trinajstić information content (AvgIpc) is 2.01. The van der Waals surface area contributed by atoms with E-state index >= 15 is 0 Å². The summed E-state index contributed by atoms with van der Waals surface area (Å²) in [5, 5.41) is 0. The highest BCUT2D eigenvalue weighted by molar-refractivity contribution is 9.10. The van der Waals surface area contributed by atoms with Gasteiger partial charge in [-0.15, -0.1) is 0 Å². The van der Waals surface area contributed by atoms with E-state index in [-0.39, 0.29) is 5.91 Å². The SMILES string of the molecule is CC(CC(N)=O)Cc1cccc(Br)c1. The van der Waals surface area contributed by atoms with Crippen LogP contribution in [-0.2, 0) is 11.2 Å². The maximum Gasteiger partial charge on any atom is 0.217 e. The fourth-order valence-electron chi connectivity index (χ4n) is 1.48. The summed E-state index contributed by atoms with van der Waals surface area (Å²) in [6.45, 7) is 2.03. The number of amides is 1. The van der Waals surface area contributed by atoms with Gasteiger partial charge in [-0.05, 0) is 30.0 Å². The summed E-state index contributed by atoms with van der Waals surface area (Å²) in [5.74, 6) is 0.0781. The first-order valence-corrected chi connectivity index (χ1v) is 5.40. The first kappa shape index (κ1) is 11.2. The maximum atomic E-state index is 10.7. The summed E-state index contributed by atoms with van der Waals surface area (Å²) < 4.78 is 1.07. The van der Waals surface area contributed by atoms with E-state index in [1.54, 1.807) is 0 Å². The molecule has 14 heavy (non-hydrogen) atoms. The molecule has 1 atom stereocenters. The molecular weight excluding hydrogens is 242 g/mol. The molecule has 2 nitrogen and oxygen atoms in total. The molecule has 76 valence electrons. The minimum absolute atomic E-state index is 0.229. The fraction of sp³-hybridized carbons (Fsp3) is 0.364. The van der Waals surface area contributed by atoms with E-state index in [0.717, 1.165) is 10.9 Å². The minimum atomic E-state index is -0.229. The number of primary amides is 1. The van der Waals surface area contributed by atoms with Crippen LogP contribution in [0.5, 0.6) is 0 Å². The molecular formula is C11H14BrNO. The second-order valence-corrected chi connectivity index (χ2v) is 4.53. The Morgan fingerprint density at radius 1 is 1.57 bits per heavy atom. The van der Waals surface area contributed by atoms with Gasteiger partial charge in [0.05, 0.1) is 0 Å². The number of hydrogen-bond acceptors (Lipinski definition) is 1. The van der Waals surface area contributed by atoms with Crippen LogP contribution in [0.25, 0.3) is 0 Å². The first-order chi connectivity index (χ1) is 6.58. The molecule has 1 amide bonds. The lowest BCUT2D eigenvalue weighted by Gasteiger charge is -2.08. The smallest absolute Gasteiger partial charge is 0.217 e. The van der Waals surface area contributed by atoms with Crippen LogP contribution in [0.4, 0.5) is 0 Å². The average molecular weight is 256 g/mol. The van der Waals surface area contributed by atoms with Gasteiger partial charge in [0.15, 0.2) is 0 Å². The third-order valence-electron chi connectivity index (χ3n) is 2.02. The van der Waals surface area contributed by atoms with Crippen LogP contribution in [0.3, 0.4) is 0 Å². The Kier molecular flexibility index (Phi) is 4.14. The molecule has 0 aliphatic heterocycles. The van der Waals surface area contributed by atoms with E-state index in [0.29, 0.717) is 12.3 Å². The molecule has 3 heteroatoms. The van der Waals surface area contributed by atoms with Gasteiger partial charge in [0, 0.05) is 10.9 Å². The molecule has 0 heterocycles. The minimum Gasteiger partial charge on any atom is -0.370 e. The summed E-state index contributed by atoms with van der Waals surface area (Å²) >= 11 is 3.41. The summed E-state index contributed by atoms with van der Waals surface area (Å²) in [5.41, 5.74) is 6.36. The van der Waals surface area contributed by atoms with Gasteiger partial charge in [-0.25, -0.2) is 0 Å². The zero-order chi connectivity index (χ0) is 10.6. The third kappa shape index (κ3) is 3.92. The van der Waals surface area contributed by atoms with E-state index < -0.39 is 0 Å². The summed E-state index contributed by atoms with van der Waals surface area (Å²) in [6, 6.07) is 8.11. The Morgan fingerprint density at radius 3 is 2.86 bits per heavy atom. The van der Waals surface area contributed by atoms with E-state index in [2.05, 4.69) is 28.1 Å². The van der Waals surface area contributed by atoms with E-state index in [1.807, 2.05) is 19.1 Å². The number of hydrogen-bond donors (Lipinski definition) is 1. The molecule has 0 aliphatic rings. The lowest BCUT2D eigenvalue weighted by molar-refractivity contribution is -0.118. The van der Waals surface area contributed by atoms with Gasteiger partial charge >= 0.3 is 0 Å². The lowest BCUT2D eigenvalue weighted by atomic mass is 9.98. The topological polar surface area (TPSA) is 43.1 Å². The molecule has 2 N–H and O–H groups in total. The number of carbonyl (C=O) groups is 1. The van der Waals surface area contributed by atoms with E-state index in [9.17, 15) is 4.79 Å². The standard InChI is InChI=1S/C11H14BrNO/c1-8(6-11(13)14)5-9-3-2-4-10(12)7-9/h2-4,7-8H,5-6H2,1H3,(H2,13,14). The maximum absolute atomic E-state index is 10.7. The van der Waals surface area contributed by atoms with Gasteiger partial charge < -0.3 is 5.73 Å². The third-order valence-corrected chi connectivity index (χ3v) is 2.52. The van der Waals surface area contributed by atoms with Crippen LogP contribution < -0.4 is 5.73 Å². The van der Waals surface area contributed by atoms with Gasteiger partial charge in [-0.2, -0.15) is 0 Å². The first-order valence-electron chi connectivity index (χ1n) is 4.60. The molecule has 0 spiro atoms. The molecule has 0 aromatic heterocycles. The summed E-state index contributed by atoms with van der Waals surface area (Å²) in [6.07, 6.45) is 1.34. The van der Waals surface area contributed by atoms with E-state index in [4.69, 9.17) is 5.73 Å². The van der Waals surface area contributed by atoms with Crippen LogP contribution in [0.15, 0.2) is 28.7 Å². The fourth-order valence-corrected chi connectivity index (χ4v) is 1.93. The molecule has 0 bridgehead atoms. The van der Waals surface area contributed by atoms with Crippen LogP contribution in [0.2, 0.25) is 0 Å². The van der Waals surface area contributed by atoms with Crippen LogP contribution in [0, 0.1) is 5.92 Å². The molecule has 0 aliphatic carbocycles. The molecule has 0 saturated carbocycles. The quantitative estimate of drug-likeness (QED) is 0.883. The normalized spacial score (nSPS) is 12.4. The van der Waals surface area contributed by atoms with Crippen molar-refractivity contribution in [2.24, 2.45) is 11.7 Å². The predicted molar refractivity (Wildman–Crippen MR) is 60.8 cm³/mol. The number of halogens is 1. The second-order valence-electron chi connectivity index (χ2n) is 3.61. The van der Waals surface area contributed by atoms with Crippen molar-refractivity contribution in [2.75, 3.05) is 0 Å². The molecule has 0 fully saturated rings. The van der Waals surface area contributed by atoms with Crippen molar-refractivity contribution in [3.05, 3.63) is 34.3 Å². The van der Waals surface area contributed by atoms with Crippen LogP contribution in [-0.4, -0.2) is 5.91 Å². The van der Waals surface area contributed by atoms with Crippen LogP contribution in [0.1, 0.15) is 18.9 Å². The van der Waals surface area contributed by atoms with Crippen molar-refractivity contribution in [1.29, 1.82) is 0 Å². The highest BCUT2D eigenvalue weighted by atomic mass is 79.9. The Balaban J connectivity index is 2.55. The van der Waals surface area contributed by atoms with Crippen molar-refractivity contribution in [1.82, 2.24) is 0 Å². The second kappa shape index (κ2) is 5.15. The highest BCUT2D eigenvalue weighted by Crippen LogP contribution is 2.16. The van der Waals surface area contributed by atoms with Crippen molar-refractivity contribution in [3.8, 4) is 0 Å². The van der Waals surface area contributed by atoms with Gasteiger partial charge in [0.25, 0.3) is 0 Å². The molecule has 1 aromatic rings. The number of rotatable bonds is 4. The van der Waals surface area contributed by atoms with Crippen LogP contribution >= 0.6 is 15.9 Å². The Morgan fingerprint density at radius 2 is 2.29 bits per heavy atom. The summed E-state index contributed by atoms with van der Waals surface area (Å²) in [4.78, 5) is 10.7. The lowest BCUT2D eigenvalue weighted by Crippen LogP contribution is -2.15. The van der Waals surface area contributed by atoms with Gasteiger partial charge in [0.2, 0.25) is 5.91 Å². The van der Waals surface area contributed by atoms with Crippen molar-refractivity contribution in [2.45, 2.75) is 19.8 Å².